The second kappa shape index (κ2) is 7.92. The Labute approximate surface area is 158 Å². The molecule has 0 fully saturated rings. The third kappa shape index (κ3) is 4.85. The molecule has 0 aliphatic carbocycles. The number of carbonyl (C=O) groups excluding carboxylic acids is 2. The number of nitrogens with zero attached hydrogens (tertiary/aromatic N) is 3. The van der Waals surface area contributed by atoms with E-state index in [9.17, 15) is 14.4 Å². The topological polar surface area (TPSA) is 106 Å². The van der Waals surface area contributed by atoms with Gasteiger partial charge in [0.2, 0.25) is 5.91 Å². The number of thiazole rings is 1. The summed E-state index contributed by atoms with van der Waals surface area (Å²) in [6, 6.07) is 9.81. The molecule has 1 aromatic carbocycles. The Kier molecular flexibility index (Phi) is 5.41. The zero-order valence-electron chi connectivity index (χ0n) is 14.7. The highest BCUT2D eigenvalue weighted by Gasteiger charge is 2.13. The van der Waals surface area contributed by atoms with Gasteiger partial charge in [-0.3, -0.25) is 14.4 Å². The molecule has 2 N–H and O–H groups in total. The van der Waals surface area contributed by atoms with Crippen LogP contribution in [0.5, 0.6) is 0 Å². The number of nitrogens with one attached hydrogen (secondary N) is 2. The number of rotatable bonds is 5. The number of carbonyl (C=O) groups is 2. The molecular formula is C18H17N5O3S. The molecule has 0 atom stereocenters. The largest absolute Gasteiger partial charge is 0.321 e. The monoisotopic (exact) mass is 383 g/mol. The van der Waals surface area contributed by atoms with Crippen LogP contribution >= 0.6 is 11.3 Å². The van der Waals surface area contributed by atoms with Crippen molar-refractivity contribution in [2.24, 2.45) is 0 Å². The van der Waals surface area contributed by atoms with Gasteiger partial charge in [0, 0.05) is 17.1 Å². The van der Waals surface area contributed by atoms with Crippen LogP contribution in [0.1, 0.15) is 21.7 Å². The second-order valence-electron chi connectivity index (χ2n) is 5.88. The molecule has 0 spiro atoms. The molecule has 0 unspecified atom stereocenters. The molecule has 3 aromatic rings. The lowest BCUT2D eigenvalue weighted by Gasteiger charge is -2.08. The Bertz CT molecular complexity index is 1040. The van der Waals surface area contributed by atoms with Gasteiger partial charge in [0.25, 0.3) is 11.5 Å². The van der Waals surface area contributed by atoms with Gasteiger partial charge in [-0.25, -0.2) is 9.67 Å². The van der Waals surface area contributed by atoms with Crippen LogP contribution in [0, 0.1) is 13.8 Å². The van der Waals surface area contributed by atoms with E-state index in [1.165, 1.54) is 23.5 Å². The maximum Gasteiger partial charge on any atom is 0.276 e. The number of benzene rings is 1. The highest BCUT2D eigenvalue weighted by molar-refractivity contribution is 7.13. The molecule has 2 heterocycles. The fourth-order valence-corrected chi connectivity index (χ4v) is 2.93. The average molecular weight is 383 g/mol. The van der Waals surface area contributed by atoms with Crippen molar-refractivity contribution in [1.82, 2.24) is 14.8 Å². The van der Waals surface area contributed by atoms with Crippen LogP contribution < -0.4 is 16.2 Å². The van der Waals surface area contributed by atoms with E-state index in [1.54, 1.807) is 17.5 Å². The Hall–Kier alpha value is -3.33. The smallest absolute Gasteiger partial charge is 0.276 e. The molecule has 0 saturated heterocycles. The summed E-state index contributed by atoms with van der Waals surface area (Å²) in [6.07, 6.45) is 0. The standard InChI is InChI=1S/C18H17N5O3S/c1-11-3-5-13(6-4-11)20-17(26)14-7-8-16(25)23(22-14)9-15(24)21-18-19-12(2)10-27-18/h3-8,10H,9H2,1-2H3,(H,20,26)(H,19,21,24). The fraction of sp³-hybridized carbons (Fsp3) is 0.167. The summed E-state index contributed by atoms with van der Waals surface area (Å²) in [6.45, 7) is 3.44. The lowest BCUT2D eigenvalue weighted by Crippen LogP contribution is -2.31. The van der Waals surface area contributed by atoms with E-state index in [-0.39, 0.29) is 12.2 Å². The quantitative estimate of drug-likeness (QED) is 0.703. The zero-order valence-corrected chi connectivity index (χ0v) is 15.5. The predicted molar refractivity (Wildman–Crippen MR) is 103 cm³/mol. The van der Waals surface area contributed by atoms with Crippen LogP contribution in [0.3, 0.4) is 0 Å². The molecule has 0 aliphatic rings. The average Bonchev–Trinajstić information content (AvgIpc) is 3.03. The maximum atomic E-state index is 12.3. The number of aromatic nitrogens is 3. The van der Waals surface area contributed by atoms with Gasteiger partial charge >= 0.3 is 0 Å². The van der Waals surface area contributed by atoms with Crippen molar-refractivity contribution in [3.8, 4) is 0 Å². The minimum atomic E-state index is -0.479. The molecule has 27 heavy (non-hydrogen) atoms. The van der Waals surface area contributed by atoms with E-state index in [4.69, 9.17) is 0 Å². The van der Waals surface area contributed by atoms with Gasteiger partial charge in [0.15, 0.2) is 5.13 Å². The van der Waals surface area contributed by atoms with Crippen LogP contribution in [0.15, 0.2) is 46.6 Å². The zero-order chi connectivity index (χ0) is 19.4. The van der Waals surface area contributed by atoms with Crippen molar-refractivity contribution in [2.75, 3.05) is 10.6 Å². The SMILES string of the molecule is Cc1ccc(NC(=O)c2ccc(=O)n(CC(=O)Nc3nc(C)cs3)n2)cc1. The summed E-state index contributed by atoms with van der Waals surface area (Å²) >= 11 is 1.29. The number of hydrogen-bond donors (Lipinski definition) is 2. The first-order valence-corrected chi connectivity index (χ1v) is 8.97. The Morgan fingerprint density at radius 3 is 2.48 bits per heavy atom. The Morgan fingerprint density at radius 1 is 1.07 bits per heavy atom. The van der Waals surface area contributed by atoms with Crippen molar-refractivity contribution in [3.63, 3.8) is 0 Å². The first-order valence-electron chi connectivity index (χ1n) is 8.09. The van der Waals surface area contributed by atoms with Gasteiger partial charge in [-0.1, -0.05) is 17.7 Å². The van der Waals surface area contributed by atoms with Crippen LogP contribution in [0.4, 0.5) is 10.8 Å². The maximum absolute atomic E-state index is 12.3. The summed E-state index contributed by atoms with van der Waals surface area (Å²) < 4.78 is 0.944. The van der Waals surface area contributed by atoms with E-state index in [1.807, 2.05) is 26.0 Å². The van der Waals surface area contributed by atoms with E-state index >= 15 is 0 Å². The van der Waals surface area contributed by atoms with E-state index in [2.05, 4.69) is 20.7 Å². The normalized spacial score (nSPS) is 10.4. The van der Waals surface area contributed by atoms with Crippen LogP contribution in [-0.4, -0.2) is 26.6 Å². The van der Waals surface area contributed by atoms with E-state index < -0.39 is 17.4 Å². The van der Waals surface area contributed by atoms with Crippen LogP contribution in [-0.2, 0) is 11.3 Å². The molecule has 0 bridgehead atoms. The second-order valence-corrected chi connectivity index (χ2v) is 6.73. The Balaban J connectivity index is 1.71. The molecule has 0 saturated carbocycles. The first kappa shape index (κ1) is 18.5. The summed E-state index contributed by atoms with van der Waals surface area (Å²) in [5.41, 5.74) is 2.03. The van der Waals surface area contributed by atoms with Crippen LogP contribution in [0.2, 0.25) is 0 Å². The minimum Gasteiger partial charge on any atom is -0.321 e. The number of amides is 2. The molecule has 0 aliphatic heterocycles. The van der Waals surface area contributed by atoms with Crippen molar-refractivity contribution < 1.29 is 9.59 Å². The Morgan fingerprint density at radius 2 is 1.81 bits per heavy atom. The highest BCUT2D eigenvalue weighted by Crippen LogP contribution is 2.14. The summed E-state index contributed by atoms with van der Waals surface area (Å²) in [7, 11) is 0. The first-order chi connectivity index (χ1) is 12.9. The van der Waals surface area contributed by atoms with Gasteiger partial charge in [-0.2, -0.15) is 5.10 Å². The third-order valence-corrected chi connectivity index (χ3v) is 4.44. The molecule has 2 aromatic heterocycles. The summed E-state index contributed by atoms with van der Waals surface area (Å²) in [5, 5.41) is 11.5. The van der Waals surface area contributed by atoms with E-state index in [0.29, 0.717) is 10.8 Å². The molecule has 3 rings (SSSR count). The highest BCUT2D eigenvalue weighted by atomic mass is 32.1. The van der Waals surface area contributed by atoms with Gasteiger partial charge in [-0.05, 0) is 32.0 Å². The summed E-state index contributed by atoms with van der Waals surface area (Å²) in [4.78, 5) is 40.5. The predicted octanol–water partition coefficient (Wildman–Crippen LogP) is 2.21. The van der Waals surface area contributed by atoms with Gasteiger partial charge < -0.3 is 10.6 Å². The van der Waals surface area contributed by atoms with Gasteiger partial charge in [0.1, 0.15) is 12.2 Å². The number of aryl methyl sites for hydroxylation is 2. The fourth-order valence-electron chi connectivity index (χ4n) is 2.22. The molecule has 2 amide bonds. The molecule has 9 heteroatoms. The van der Waals surface area contributed by atoms with Crippen molar-refractivity contribution in [1.29, 1.82) is 0 Å². The van der Waals surface area contributed by atoms with Crippen molar-refractivity contribution in [2.45, 2.75) is 20.4 Å². The van der Waals surface area contributed by atoms with Crippen molar-refractivity contribution in [3.05, 3.63) is 69.1 Å². The number of hydrogen-bond acceptors (Lipinski definition) is 6. The summed E-state index contributed by atoms with van der Waals surface area (Å²) in [5.74, 6) is -0.918. The molecule has 138 valence electrons. The third-order valence-electron chi connectivity index (χ3n) is 3.57. The van der Waals surface area contributed by atoms with Crippen molar-refractivity contribution >= 4 is 34.0 Å². The van der Waals surface area contributed by atoms with Gasteiger partial charge in [-0.15, -0.1) is 11.3 Å². The van der Waals surface area contributed by atoms with Crippen LogP contribution in [0.25, 0.3) is 0 Å². The molecular weight excluding hydrogens is 366 g/mol. The van der Waals surface area contributed by atoms with Gasteiger partial charge in [0.05, 0.1) is 5.69 Å². The minimum absolute atomic E-state index is 0.0352. The lowest BCUT2D eigenvalue weighted by molar-refractivity contribution is -0.117. The molecule has 8 nitrogen and oxygen atoms in total. The molecule has 0 radical (unpaired) electrons. The number of anilines is 2. The lowest BCUT2D eigenvalue weighted by atomic mass is 10.2. The van der Waals surface area contributed by atoms with E-state index in [0.717, 1.165) is 15.9 Å².